The average Bonchev–Trinajstić information content (AvgIpc) is 3.37. The Morgan fingerprint density at radius 1 is 1.11 bits per heavy atom. The molecule has 3 aromatic carbocycles. The summed E-state index contributed by atoms with van der Waals surface area (Å²) < 4.78 is 25.3. The molecular weight excluding hydrogens is 670 g/mol. The Hall–Kier alpha value is -4.66. The lowest BCUT2D eigenvalue weighted by Crippen LogP contribution is -2.40. The minimum Gasteiger partial charge on any atom is -0.497 e. The third kappa shape index (κ3) is 6.78. The van der Waals surface area contributed by atoms with E-state index >= 15 is 0 Å². The minimum absolute atomic E-state index is 0.195. The van der Waals surface area contributed by atoms with Crippen LogP contribution in [0, 0.1) is 11.3 Å². The number of nitriles is 1. The summed E-state index contributed by atoms with van der Waals surface area (Å²) in [4.78, 5) is 32.9. The van der Waals surface area contributed by atoms with E-state index in [0.29, 0.717) is 65.4 Å². The molecule has 0 saturated carbocycles. The molecule has 1 aromatic heterocycles. The molecule has 9 nitrogen and oxygen atoms in total. The number of rotatable bonds is 11. The van der Waals surface area contributed by atoms with Crippen molar-refractivity contribution in [3.05, 3.63) is 118 Å². The SMILES string of the molecule is CCCC1=C(C(=O)OCC)[C@@H](c2cccc(OC)c2)n2c(s/c(=C/c3cc(Br)c(OCc4ccc(C#N)cc4)c(OC)c3)c2=O)=N1. The summed E-state index contributed by atoms with van der Waals surface area (Å²) in [5.74, 6) is 1.09. The van der Waals surface area contributed by atoms with E-state index in [1.54, 1.807) is 50.0 Å². The third-order valence-corrected chi connectivity index (χ3v) is 8.89. The maximum Gasteiger partial charge on any atom is 0.338 e. The number of nitrogens with zero attached hydrogens (tertiary/aromatic N) is 3. The summed E-state index contributed by atoms with van der Waals surface area (Å²) >= 11 is 4.86. The van der Waals surface area contributed by atoms with Gasteiger partial charge in [-0.1, -0.05) is 48.9 Å². The first kappa shape index (κ1) is 32.7. The van der Waals surface area contributed by atoms with Crippen LogP contribution in [-0.4, -0.2) is 31.4 Å². The summed E-state index contributed by atoms with van der Waals surface area (Å²) in [7, 11) is 3.12. The largest absolute Gasteiger partial charge is 0.497 e. The van der Waals surface area contributed by atoms with E-state index in [0.717, 1.165) is 12.0 Å². The number of allylic oxidation sites excluding steroid dienone is 1. The van der Waals surface area contributed by atoms with Crippen LogP contribution in [0.5, 0.6) is 17.2 Å². The van der Waals surface area contributed by atoms with Gasteiger partial charge in [0, 0.05) is 0 Å². The number of benzene rings is 3. The van der Waals surface area contributed by atoms with Gasteiger partial charge in [-0.3, -0.25) is 9.36 Å². The Kier molecular flexibility index (Phi) is 10.4. The van der Waals surface area contributed by atoms with E-state index in [2.05, 4.69) is 22.0 Å². The summed E-state index contributed by atoms with van der Waals surface area (Å²) in [5.41, 5.74) is 3.56. The number of ether oxygens (including phenoxy) is 4. The molecule has 1 aliphatic heterocycles. The van der Waals surface area contributed by atoms with Crippen LogP contribution in [-0.2, 0) is 16.1 Å². The van der Waals surface area contributed by atoms with E-state index in [4.69, 9.17) is 29.2 Å². The maximum atomic E-state index is 14.1. The second-order valence-corrected chi connectivity index (χ2v) is 12.2. The second kappa shape index (κ2) is 14.6. The van der Waals surface area contributed by atoms with Gasteiger partial charge < -0.3 is 18.9 Å². The van der Waals surface area contributed by atoms with Gasteiger partial charge in [0.1, 0.15) is 12.4 Å². The standard InChI is InChI=1S/C35H32BrN3O6S/c1-5-8-27-30(34(41)44-6-2)31(24-9-7-10-25(18-24)42-3)39-33(40)29(46-35(39)38-27)17-23-15-26(36)32(28(16-23)43-4)45-20-22-13-11-21(19-37)12-14-22/h7,9-18,31H,5-6,8,20H2,1-4H3/b29-17+/t31-/m1/s1. The molecule has 1 aliphatic rings. The van der Waals surface area contributed by atoms with Crippen molar-refractivity contribution in [1.29, 1.82) is 5.26 Å². The van der Waals surface area contributed by atoms with Gasteiger partial charge in [0.05, 0.1) is 58.8 Å². The van der Waals surface area contributed by atoms with E-state index in [1.165, 1.54) is 11.3 Å². The zero-order valence-corrected chi connectivity index (χ0v) is 28.2. The quantitative estimate of drug-likeness (QED) is 0.182. The number of hydrogen-bond acceptors (Lipinski definition) is 9. The van der Waals surface area contributed by atoms with E-state index < -0.39 is 12.0 Å². The van der Waals surface area contributed by atoms with Crippen molar-refractivity contribution < 1.29 is 23.7 Å². The van der Waals surface area contributed by atoms with Crippen LogP contribution < -0.4 is 29.1 Å². The molecule has 0 aliphatic carbocycles. The van der Waals surface area contributed by atoms with Crippen LogP contribution in [0.4, 0.5) is 0 Å². The fourth-order valence-corrected chi connectivity index (χ4v) is 6.79. The molecule has 0 spiro atoms. The highest BCUT2D eigenvalue weighted by molar-refractivity contribution is 9.10. The monoisotopic (exact) mass is 701 g/mol. The summed E-state index contributed by atoms with van der Waals surface area (Å²) in [6.07, 6.45) is 3.08. The average molecular weight is 703 g/mol. The smallest absolute Gasteiger partial charge is 0.338 e. The number of fused-ring (bicyclic) bond motifs is 1. The maximum absolute atomic E-state index is 14.1. The molecule has 0 fully saturated rings. The number of carbonyl (C=O) groups is 1. The number of carbonyl (C=O) groups excluding carboxylic acids is 1. The number of aromatic nitrogens is 1. The molecule has 5 rings (SSSR count). The fourth-order valence-electron chi connectivity index (χ4n) is 5.19. The van der Waals surface area contributed by atoms with Crippen LogP contribution in [0.1, 0.15) is 55.0 Å². The second-order valence-electron chi connectivity index (χ2n) is 10.3. The van der Waals surface area contributed by atoms with Crippen LogP contribution in [0.2, 0.25) is 0 Å². The first-order valence-electron chi connectivity index (χ1n) is 14.7. The highest BCUT2D eigenvalue weighted by atomic mass is 79.9. The number of esters is 1. The van der Waals surface area contributed by atoms with Gasteiger partial charge in [-0.15, -0.1) is 0 Å². The molecular formula is C35H32BrN3O6S. The molecule has 0 radical (unpaired) electrons. The molecule has 11 heteroatoms. The van der Waals surface area contributed by atoms with Gasteiger partial charge in [-0.05, 0) is 88.4 Å². The highest BCUT2D eigenvalue weighted by Gasteiger charge is 2.34. The van der Waals surface area contributed by atoms with Gasteiger partial charge >= 0.3 is 5.97 Å². The summed E-state index contributed by atoms with van der Waals surface area (Å²) in [6.45, 7) is 4.24. The van der Waals surface area contributed by atoms with Crippen LogP contribution in [0.3, 0.4) is 0 Å². The van der Waals surface area contributed by atoms with Crippen molar-refractivity contribution in [2.24, 2.45) is 4.99 Å². The first-order chi connectivity index (χ1) is 22.3. The van der Waals surface area contributed by atoms with Crippen molar-refractivity contribution in [3.8, 4) is 23.3 Å². The summed E-state index contributed by atoms with van der Waals surface area (Å²) in [5, 5.41) is 9.05. The van der Waals surface area contributed by atoms with Crippen LogP contribution >= 0.6 is 27.3 Å². The molecule has 1 atom stereocenters. The molecule has 4 aromatic rings. The Morgan fingerprint density at radius 3 is 2.57 bits per heavy atom. The molecule has 0 N–H and O–H groups in total. The number of hydrogen-bond donors (Lipinski definition) is 0. The van der Waals surface area contributed by atoms with E-state index in [1.807, 2.05) is 49.4 Å². The Bertz CT molecular complexity index is 2020. The molecule has 0 bridgehead atoms. The zero-order chi connectivity index (χ0) is 32.8. The third-order valence-electron chi connectivity index (χ3n) is 7.32. The lowest BCUT2D eigenvalue weighted by molar-refractivity contribution is -0.139. The topological polar surface area (TPSA) is 112 Å². The van der Waals surface area contributed by atoms with Crippen molar-refractivity contribution in [2.75, 3.05) is 20.8 Å². The lowest BCUT2D eigenvalue weighted by Gasteiger charge is -2.26. The van der Waals surface area contributed by atoms with Crippen molar-refractivity contribution in [2.45, 2.75) is 39.3 Å². The Balaban J connectivity index is 1.59. The molecule has 2 heterocycles. The van der Waals surface area contributed by atoms with Crippen molar-refractivity contribution in [1.82, 2.24) is 4.57 Å². The van der Waals surface area contributed by atoms with Gasteiger partial charge in [0.25, 0.3) is 5.56 Å². The minimum atomic E-state index is -0.742. The molecule has 0 saturated heterocycles. The Morgan fingerprint density at radius 2 is 1.89 bits per heavy atom. The summed E-state index contributed by atoms with van der Waals surface area (Å²) in [6, 6.07) is 19.5. The van der Waals surface area contributed by atoms with Crippen LogP contribution in [0.15, 0.2) is 86.2 Å². The fraction of sp³-hybridized carbons (Fsp3) is 0.257. The number of halogens is 1. The van der Waals surface area contributed by atoms with Crippen LogP contribution in [0.25, 0.3) is 6.08 Å². The van der Waals surface area contributed by atoms with Gasteiger partial charge in [-0.2, -0.15) is 5.26 Å². The predicted molar refractivity (Wildman–Crippen MR) is 179 cm³/mol. The number of thiazole rings is 1. The normalized spacial score (nSPS) is 14.3. The van der Waals surface area contributed by atoms with Crippen molar-refractivity contribution >= 4 is 39.3 Å². The van der Waals surface area contributed by atoms with Gasteiger partial charge in [0.15, 0.2) is 16.3 Å². The molecule has 46 heavy (non-hydrogen) atoms. The molecule has 0 unspecified atom stereocenters. The molecule has 0 amide bonds. The van der Waals surface area contributed by atoms with E-state index in [9.17, 15) is 9.59 Å². The molecule has 236 valence electrons. The zero-order valence-electron chi connectivity index (χ0n) is 25.8. The lowest BCUT2D eigenvalue weighted by atomic mass is 9.94. The van der Waals surface area contributed by atoms with Gasteiger partial charge in [-0.25, -0.2) is 9.79 Å². The van der Waals surface area contributed by atoms with Crippen molar-refractivity contribution in [3.63, 3.8) is 0 Å². The first-order valence-corrected chi connectivity index (χ1v) is 16.3. The Labute approximate surface area is 278 Å². The number of methoxy groups -OCH3 is 2. The predicted octanol–water partition coefficient (Wildman–Crippen LogP) is 5.81. The highest BCUT2D eigenvalue weighted by Crippen LogP contribution is 2.38. The van der Waals surface area contributed by atoms with E-state index in [-0.39, 0.29) is 18.8 Å². The van der Waals surface area contributed by atoms with Gasteiger partial charge in [0.2, 0.25) is 0 Å².